The number of aryl methyl sites for hydroxylation is 1. The summed E-state index contributed by atoms with van der Waals surface area (Å²) in [4.78, 5) is 7.05. The van der Waals surface area contributed by atoms with Crippen molar-refractivity contribution in [2.24, 2.45) is 4.99 Å². The van der Waals surface area contributed by atoms with Crippen molar-refractivity contribution in [1.29, 1.82) is 0 Å². The monoisotopic (exact) mass is 504 g/mol. The smallest absolute Gasteiger partial charge is 0.191 e. The second kappa shape index (κ2) is 12.1. The fourth-order valence-electron chi connectivity index (χ4n) is 3.75. The molecular weight excluding hydrogens is 471 g/mol. The van der Waals surface area contributed by atoms with E-state index in [-0.39, 0.29) is 29.5 Å². The molecule has 2 aliphatic heterocycles. The van der Waals surface area contributed by atoms with Crippen molar-refractivity contribution >= 4 is 41.7 Å². The van der Waals surface area contributed by atoms with Crippen molar-refractivity contribution < 1.29 is 4.74 Å². The molecule has 0 aromatic heterocycles. The van der Waals surface area contributed by atoms with Crippen LogP contribution in [0, 0.1) is 0 Å². The molecule has 0 saturated carbocycles. The molecule has 1 unspecified atom stereocenters. The molecule has 1 aromatic rings. The molecule has 2 N–H and O–H groups in total. The van der Waals surface area contributed by atoms with Crippen LogP contribution in [0.2, 0.25) is 0 Å². The van der Waals surface area contributed by atoms with E-state index in [2.05, 4.69) is 62.6 Å². The maximum atomic E-state index is 5.55. The predicted octanol–water partition coefficient (Wildman–Crippen LogP) is 2.61. The summed E-state index contributed by atoms with van der Waals surface area (Å²) in [5.41, 5.74) is 1.64. The summed E-state index contributed by atoms with van der Waals surface area (Å²) in [7, 11) is 1.86. The maximum absolute atomic E-state index is 5.55. The van der Waals surface area contributed by atoms with Crippen LogP contribution in [0.1, 0.15) is 18.4 Å². The Morgan fingerprint density at radius 3 is 2.67 bits per heavy atom. The first-order valence-corrected chi connectivity index (χ1v) is 10.9. The van der Waals surface area contributed by atoms with Crippen molar-refractivity contribution in [3.8, 4) is 0 Å². The van der Waals surface area contributed by atoms with Gasteiger partial charge < -0.3 is 15.4 Å². The zero-order valence-electron chi connectivity index (χ0n) is 16.3. The number of thioether (sulfide) groups is 1. The van der Waals surface area contributed by atoms with Crippen LogP contribution >= 0.6 is 35.7 Å². The Morgan fingerprint density at radius 1 is 1.22 bits per heavy atom. The van der Waals surface area contributed by atoms with Gasteiger partial charge in [0, 0.05) is 44.5 Å². The lowest BCUT2D eigenvalue weighted by Crippen LogP contribution is -2.60. The number of aliphatic imine (C=N–C) groups is 1. The molecule has 0 amide bonds. The number of ether oxygens (including phenoxy) is 1. The molecule has 5 nitrogen and oxygen atoms in total. The van der Waals surface area contributed by atoms with Crippen LogP contribution in [0.4, 0.5) is 0 Å². The van der Waals surface area contributed by atoms with Gasteiger partial charge in [0.1, 0.15) is 0 Å². The Kier molecular flexibility index (Phi) is 10.2. The summed E-state index contributed by atoms with van der Waals surface area (Å²) in [6.45, 7) is 5.71. The number of benzene rings is 1. The van der Waals surface area contributed by atoms with Crippen LogP contribution in [0.5, 0.6) is 0 Å². The van der Waals surface area contributed by atoms with Crippen LogP contribution in [0.25, 0.3) is 0 Å². The Balaban J connectivity index is 0.00000261. The van der Waals surface area contributed by atoms with Crippen molar-refractivity contribution in [3.05, 3.63) is 35.9 Å². The van der Waals surface area contributed by atoms with Crippen LogP contribution < -0.4 is 10.6 Å². The van der Waals surface area contributed by atoms with Crippen LogP contribution in [-0.4, -0.2) is 74.3 Å². The highest BCUT2D eigenvalue weighted by Gasteiger charge is 2.40. The largest absolute Gasteiger partial charge is 0.379 e. The number of rotatable bonds is 7. The quantitative estimate of drug-likeness (QED) is 0.259. The van der Waals surface area contributed by atoms with E-state index in [1.54, 1.807) is 0 Å². The fraction of sp³-hybridized carbons (Fsp3) is 0.650. The molecule has 7 heteroatoms. The lowest BCUT2D eigenvalue weighted by atomic mass is 9.95. The minimum atomic E-state index is 0. The number of hydrogen-bond donors (Lipinski definition) is 2. The van der Waals surface area contributed by atoms with E-state index < -0.39 is 0 Å². The number of morpholine rings is 1. The van der Waals surface area contributed by atoms with Crippen molar-refractivity contribution in [2.75, 3.05) is 57.9 Å². The number of nitrogens with one attached hydrogen (secondary N) is 2. The van der Waals surface area contributed by atoms with Gasteiger partial charge in [-0.2, -0.15) is 11.8 Å². The molecule has 0 aliphatic carbocycles. The average Bonchev–Trinajstić information content (AvgIpc) is 3.19. The minimum absolute atomic E-state index is 0. The molecule has 2 aliphatic rings. The highest BCUT2D eigenvalue weighted by Crippen LogP contribution is 2.33. The standard InChI is InChI=1S/C20H32N4OS.HI/c1-21-19(22-10-5-8-18-6-3-2-4-7-18)23-16-20(9-15-26-17-20)24-11-13-25-14-12-24;/h2-4,6-7H,5,8-17H2,1H3,(H2,21,22,23);1H. The number of halogens is 1. The average molecular weight is 504 g/mol. The van der Waals surface area contributed by atoms with Gasteiger partial charge in [-0.25, -0.2) is 0 Å². The molecule has 3 rings (SSSR count). The van der Waals surface area contributed by atoms with E-state index in [9.17, 15) is 0 Å². The van der Waals surface area contributed by atoms with E-state index in [1.165, 1.54) is 23.5 Å². The summed E-state index contributed by atoms with van der Waals surface area (Å²) < 4.78 is 5.55. The molecule has 0 radical (unpaired) electrons. The summed E-state index contributed by atoms with van der Waals surface area (Å²) >= 11 is 2.07. The van der Waals surface area contributed by atoms with E-state index in [0.717, 1.165) is 58.2 Å². The zero-order valence-corrected chi connectivity index (χ0v) is 19.4. The summed E-state index contributed by atoms with van der Waals surface area (Å²) in [6, 6.07) is 10.7. The predicted molar refractivity (Wildman–Crippen MR) is 127 cm³/mol. The lowest BCUT2D eigenvalue weighted by molar-refractivity contribution is -0.0120. The summed E-state index contributed by atoms with van der Waals surface area (Å²) in [6.07, 6.45) is 3.45. The van der Waals surface area contributed by atoms with Gasteiger partial charge >= 0.3 is 0 Å². The second-order valence-electron chi connectivity index (χ2n) is 7.07. The van der Waals surface area contributed by atoms with E-state index >= 15 is 0 Å². The summed E-state index contributed by atoms with van der Waals surface area (Å²) in [5, 5.41) is 7.06. The van der Waals surface area contributed by atoms with Gasteiger partial charge in [0.15, 0.2) is 5.96 Å². The Bertz CT molecular complexity index is 560. The SMILES string of the molecule is CN=C(NCCCc1ccccc1)NCC1(N2CCOCC2)CCSC1.I. The number of hydrogen-bond acceptors (Lipinski definition) is 4. The van der Waals surface area contributed by atoms with Gasteiger partial charge in [0.2, 0.25) is 0 Å². The van der Waals surface area contributed by atoms with Crippen LogP contribution in [0.3, 0.4) is 0 Å². The first-order valence-electron chi connectivity index (χ1n) is 9.71. The Labute approximate surface area is 185 Å². The van der Waals surface area contributed by atoms with Gasteiger partial charge in [-0.05, 0) is 30.6 Å². The molecule has 27 heavy (non-hydrogen) atoms. The van der Waals surface area contributed by atoms with E-state index in [4.69, 9.17) is 4.74 Å². The third kappa shape index (κ3) is 6.80. The summed E-state index contributed by atoms with van der Waals surface area (Å²) in [5.74, 6) is 3.37. The van der Waals surface area contributed by atoms with Gasteiger partial charge in [-0.3, -0.25) is 9.89 Å². The second-order valence-corrected chi connectivity index (χ2v) is 8.17. The number of guanidine groups is 1. The van der Waals surface area contributed by atoms with Gasteiger partial charge in [-0.15, -0.1) is 24.0 Å². The third-order valence-electron chi connectivity index (χ3n) is 5.35. The lowest BCUT2D eigenvalue weighted by Gasteiger charge is -2.43. The molecule has 1 atom stereocenters. The third-order valence-corrected chi connectivity index (χ3v) is 6.58. The van der Waals surface area contributed by atoms with Crippen molar-refractivity contribution in [1.82, 2.24) is 15.5 Å². The zero-order chi connectivity index (χ0) is 18.1. The highest BCUT2D eigenvalue weighted by molar-refractivity contribution is 14.0. The molecule has 2 saturated heterocycles. The van der Waals surface area contributed by atoms with E-state index in [1.807, 2.05) is 7.05 Å². The Hall–Kier alpha value is -0.510. The van der Waals surface area contributed by atoms with Crippen molar-refractivity contribution in [2.45, 2.75) is 24.8 Å². The number of nitrogens with zero attached hydrogens (tertiary/aromatic N) is 2. The molecule has 0 bridgehead atoms. The van der Waals surface area contributed by atoms with Crippen LogP contribution in [0.15, 0.2) is 35.3 Å². The van der Waals surface area contributed by atoms with Crippen LogP contribution in [-0.2, 0) is 11.2 Å². The molecule has 2 fully saturated rings. The van der Waals surface area contributed by atoms with Gasteiger partial charge in [-0.1, -0.05) is 30.3 Å². The molecule has 2 heterocycles. The van der Waals surface area contributed by atoms with E-state index in [0.29, 0.717) is 0 Å². The Morgan fingerprint density at radius 2 is 2.00 bits per heavy atom. The first-order chi connectivity index (χ1) is 12.8. The molecule has 0 spiro atoms. The topological polar surface area (TPSA) is 48.9 Å². The fourth-order valence-corrected chi connectivity index (χ4v) is 5.23. The maximum Gasteiger partial charge on any atom is 0.191 e. The molecule has 152 valence electrons. The van der Waals surface area contributed by atoms with Gasteiger partial charge in [0.05, 0.1) is 13.2 Å². The highest BCUT2D eigenvalue weighted by atomic mass is 127. The van der Waals surface area contributed by atoms with Gasteiger partial charge in [0.25, 0.3) is 0 Å². The van der Waals surface area contributed by atoms with Crippen molar-refractivity contribution in [3.63, 3.8) is 0 Å². The minimum Gasteiger partial charge on any atom is -0.379 e. The molecule has 1 aromatic carbocycles. The first kappa shape index (κ1) is 22.8. The normalized spacial score (nSPS) is 23.7. The molecular formula is C20H33IN4OS.